The normalized spacial score (nSPS) is 12.8. The highest BCUT2D eigenvalue weighted by Gasteiger charge is 2.13. The molecule has 2 aromatic rings. The van der Waals surface area contributed by atoms with Gasteiger partial charge < -0.3 is 9.84 Å². The summed E-state index contributed by atoms with van der Waals surface area (Å²) in [5.41, 5.74) is 1.18. The third-order valence-electron chi connectivity index (χ3n) is 3.16. The van der Waals surface area contributed by atoms with Gasteiger partial charge in [-0.15, -0.1) is 0 Å². The molecule has 0 fully saturated rings. The first-order chi connectivity index (χ1) is 9.69. The monoisotopic (exact) mass is 277 g/mol. The van der Waals surface area contributed by atoms with E-state index in [4.69, 9.17) is 4.52 Å². The Labute approximate surface area is 119 Å². The summed E-state index contributed by atoms with van der Waals surface area (Å²) in [6.07, 6.45) is 7.02. The van der Waals surface area contributed by atoms with Crippen molar-refractivity contribution in [3.63, 3.8) is 0 Å². The Morgan fingerprint density at radius 2 is 2.30 bits per heavy atom. The molecule has 0 aliphatic heterocycles. The van der Waals surface area contributed by atoms with Crippen LogP contribution in [-0.2, 0) is 13.0 Å². The number of unbranched alkanes of at least 4 members (excludes halogenated alkanes) is 1. The Bertz CT molecular complexity index is 519. The molecule has 2 aromatic heterocycles. The molecule has 0 amide bonds. The number of nitrogens with zero attached hydrogens (tertiary/aromatic N) is 4. The van der Waals surface area contributed by atoms with Gasteiger partial charge in [0.15, 0.2) is 5.82 Å². The van der Waals surface area contributed by atoms with Gasteiger partial charge in [0.25, 0.3) is 0 Å². The minimum atomic E-state index is 0.0644. The molecule has 6 nitrogen and oxygen atoms in total. The zero-order valence-electron chi connectivity index (χ0n) is 12.5. The number of hydrogen-bond donors (Lipinski definition) is 1. The van der Waals surface area contributed by atoms with E-state index in [9.17, 15) is 0 Å². The summed E-state index contributed by atoms with van der Waals surface area (Å²) < 4.78 is 7.21. The smallest absolute Gasteiger partial charge is 0.243 e. The lowest BCUT2D eigenvalue weighted by Gasteiger charge is -2.09. The number of hydrogen-bond acceptors (Lipinski definition) is 5. The van der Waals surface area contributed by atoms with Crippen LogP contribution < -0.4 is 5.32 Å². The number of aryl methyl sites for hydroxylation is 2. The zero-order chi connectivity index (χ0) is 14.4. The molecule has 0 aromatic carbocycles. The SMILES string of the molecule is CCCCc1noc([C@H](C)NCCn2cc(C)cn2)n1. The zero-order valence-corrected chi connectivity index (χ0v) is 12.5. The van der Waals surface area contributed by atoms with Crippen LogP contribution in [0.15, 0.2) is 16.9 Å². The lowest BCUT2D eigenvalue weighted by molar-refractivity contribution is 0.333. The van der Waals surface area contributed by atoms with E-state index >= 15 is 0 Å². The van der Waals surface area contributed by atoms with Crippen LogP contribution in [0.4, 0.5) is 0 Å². The fourth-order valence-corrected chi connectivity index (χ4v) is 1.95. The molecular formula is C14H23N5O. The molecule has 2 rings (SSSR count). The maximum absolute atomic E-state index is 5.28. The molecule has 0 radical (unpaired) electrons. The van der Waals surface area contributed by atoms with Gasteiger partial charge in [0.1, 0.15) is 0 Å². The van der Waals surface area contributed by atoms with E-state index in [1.165, 1.54) is 5.56 Å². The Morgan fingerprint density at radius 3 is 3.00 bits per heavy atom. The quantitative estimate of drug-likeness (QED) is 0.801. The van der Waals surface area contributed by atoms with E-state index in [0.717, 1.165) is 38.2 Å². The van der Waals surface area contributed by atoms with Gasteiger partial charge in [-0.3, -0.25) is 4.68 Å². The highest BCUT2D eigenvalue weighted by atomic mass is 16.5. The molecule has 2 heterocycles. The van der Waals surface area contributed by atoms with Crippen molar-refractivity contribution >= 4 is 0 Å². The van der Waals surface area contributed by atoms with Gasteiger partial charge in [-0.2, -0.15) is 10.1 Å². The van der Waals surface area contributed by atoms with Gasteiger partial charge in [0, 0.05) is 19.2 Å². The summed E-state index contributed by atoms with van der Waals surface area (Å²) in [6, 6.07) is 0.0644. The molecule has 20 heavy (non-hydrogen) atoms. The second kappa shape index (κ2) is 7.19. The maximum atomic E-state index is 5.28. The van der Waals surface area contributed by atoms with E-state index in [1.54, 1.807) is 0 Å². The molecule has 0 spiro atoms. The topological polar surface area (TPSA) is 68.8 Å². The number of aromatic nitrogens is 4. The highest BCUT2D eigenvalue weighted by Crippen LogP contribution is 2.10. The second-order valence-corrected chi connectivity index (χ2v) is 5.11. The van der Waals surface area contributed by atoms with Crippen molar-refractivity contribution in [3.05, 3.63) is 29.7 Å². The average Bonchev–Trinajstić information content (AvgIpc) is 3.05. The van der Waals surface area contributed by atoms with E-state index < -0.39 is 0 Å². The van der Waals surface area contributed by atoms with Crippen molar-refractivity contribution in [3.8, 4) is 0 Å². The minimum absolute atomic E-state index is 0.0644. The van der Waals surface area contributed by atoms with Gasteiger partial charge in [0.2, 0.25) is 5.89 Å². The summed E-state index contributed by atoms with van der Waals surface area (Å²) in [4.78, 5) is 4.41. The first-order valence-corrected chi connectivity index (χ1v) is 7.24. The summed E-state index contributed by atoms with van der Waals surface area (Å²) in [7, 11) is 0. The van der Waals surface area contributed by atoms with Gasteiger partial charge in [-0.25, -0.2) is 0 Å². The molecule has 0 aliphatic rings. The molecule has 1 N–H and O–H groups in total. The van der Waals surface area contributed by atoms with Crippen molar-refractivity contribution in [2.24, 2.45) is 0 Å². The molecule has 6 heteroatoms. The van der Waals surface area contributed by atoms with Crippen molar-refractivity contribution in [1.29, 1.82) is 0 Å². The standard InChI is InChI=1S/C14H23N5O/c1-4-5-6-13-17-14(20-18-13)12(3)15-7-8-19-10-11(2)9-16-19/h9-10,12,15H,4-8H2,1-3H3/t12-/m0/s1. The lowest BCUT2D eigenvalue weighted by atomic mass is 10.2. The van der Waals surface area contributed by atoms with E-state index in [1.807, 2.05) is 30.9 Å². The highest BCUT2D eigenvalue weighted by molar-refractivity contribution is 4.99. The van der Waals surface area contributed by atoms with Gasteiger partial charge in [-0.05, 0) is 25.8 Å². The molecule has 0 saturated carbocycles. The summed E-state index contributed by atoms with van der Waals surface area (Å²) in [5.74, 6) is 1.46. The van der Waals surface area contributed by atoms with E-state index in [2.05, 4.69) is 27.5 Å². The summed E-state index contributed by atoms with van der Waals surface area (Å²) in [5, 5.41) is 11.6. The largest absolute Gasteiger partial charge is 0.338 e. The van der Waals surface area contributed by atoms with Crippen molar-refractivity contribution in [1.82, 2.24) is 25.2 Å². The van der Waals surface area contributed by atoms with Crippen molar-refractivity contribution in [2.45, 2.75) is 52.6 Å². The van der Waals surface area contributed by atoms with Crippen LogP contribution in [0.3, 0.4) is 0 Å². The predicted molar refractivity (Wildman–Crippen MR) is 76.3 cm³/mol. The van der Waals surface area contributed by atoms with Crippen LogP contribution in [-0.4, -0.2) is 26.5 Å². The number of rotatable bonds is 8. The summed E-state index contributed by atoms with van der Waals surface area (Å²) >= 11 is 0. The molecule has 0 bridgehead atoms. The Morgan fingerprint density at radius 1 is 1.45 bits per heavy atom. The summed E-state index contributed by atoms with van der Waals surface area (Å²) in [6.45, 7) is 7.87. The van der Waals surface area contributed by atoms with Crippen LogP contribution in [0.1, 0.15) is 50.0 Å². The molecule has 0 unspecified atom stereocenters. The lowest BCUT2D eigenvalue weighted by Crippen LogP contribution is -2.23. The van der Waals surface area contributed by atoms with Crippen molar-refractivity contribution in [2.75, 3.05) is 6.54 Å². The predicted octanol–water partition coefficient (Wildman–Crippen LogP) is 2.27. The average molecular weight is 277 g/mol. The number of nitrogens with one attached hydrogen (secondary N) is 1. The van der Waals surface area contributed by atoms with Crippen LogP contribution in [0.25, 0.3) is 0 Å². The third-order valence-corrected chi connectivity index (χ3v) is 3.16. The second-order valence-electron chi connectivity index (χ2n) is 5.11. The van der Waals surface area contributed by atoms with Crippen molar-refractivity contribution < 1.29 is 4.52 Å². The first kappa shape index (κ1) is 14.7. The van der Waals surface area contributed by atoms with Crippen LogP contribution in [0, 0.1) is 6.92 Å². The Hall–Kier alpha value is -1.69. The van der Waals surface area contributed by atoms with Gasteiger partial charge in [0.05, 0.1) is 18.8 Å². The van der Waals surface area contributed by atoms with Gasteiger partial charge >= 0.3 is 0 Å². The molecule has 0 aliphatic carbocycles. The van der Waals surface area contributed by atoms with Gasteiger partial charge in [-0.1, -0.05) is 18.5 Å². The van der Waals surface area contributed by atoms with Crippen LogP contribution in [0.5, 0.6) is 0 Å². The molecule has 0 saturated heterocycles. The molecule has 1 atom stereocenters. The first-order valence-electron chi connectivity index (χ1n) is 7.24. The minimum Gasteiger partial charge on any atom is -0.338 e. The van der Waals surface area contributed by atoms with E-state index in [-0.39, 0.29) is 6.04 Å². The van der Waals surface area contributed by atoms with Crippen LogP contribution in [0.2, 0.25) is 0 Å². The fraction of sp³-hybridized carbons (Fsp3) is 0.643. The van der Waals surface area contributed by atoms with E-state index in [0.29, 0.717) is 5.89 Å². The Balaban J connectivity index is 1.76. The molecule has 110 valence electrons. The van der Waals surface area contributed by atoms with Crippen LogP contribution >= 0.6 is 0 Å². The molecular weight excluding hydrogens is 254 g/mol. The maximum Gasteiger partial charge on any atom is 0.243 e. The third kappa shape index (κ3) is 4.16. The Kier molecular flexibility index (Phi) is 5.29. The fourth-order valence-electron chi connectivity index (χ4n) is 1.95.